The van der Waals surface area contributed by atoms with Crippen molar-refractivity contribution in [3.63, 3.8) is 0 Å². The van der Waals surface area contributed by atoms with Gasteiger partial charge in [0.15, 0.2) is 0 Å². The lowest BCUT2D eigenvalue weighted by molar-refractivity contribution is -0.118. The Bertz CT molecular complexity index is 487. The fourth-order valence-electron chi connectivity index (χ4n) is 1.40. The Kier molecular flexibility index (Phi) is 5.64. The topological polar surface area (TPSA) is 58.6 Å². The molecule has 1 rings (SSSR count). The first-order valence-electron chi connectivity index (χ1n) is 5.99. The highest BCUT2D eigenvalue weighted by Crippen LogP contribution is 2.21. The van der Waals surface area contributed by atoms with E-state index in [0.29, 0.717) is 5.56 Å². The van der Waals surface area contributed by atoms with Crippen molar-refractivity contribution in [3.8, 4) is 5.75 Å². The molecular formula is C14H17F2NO3. The van der Waals surface area contributed by atoms with Gasteiger partial charge in [-0.25, -0.2) is 0 Å². The predicted molar refractivity (Wildman–Crippen MR) is 71.4 cm³/mol. The zero-order valence-corrected chi connectivity index (χ0v) is 11.3. The molecular weight excluding hydrogens is 268 g/mol. The van der Waals surface area contributed by atoms with Crippen molar-refractivity contribution >= 4 is 12.0 Å². The third-order valence-corrected chi connectivity index (χ3v) is 2.41. The summed E-state index contributed by atoms with van der Waals surface area (Å²) in [6.45, 7) is 0.184. The van der Waals surface area contributed by atoms with Gasteiger partial charge in [-0.1, -0.05) is 18.2 Å². The maximum atomic E-state index is 12.2. The molecule has 1 aromatic rings. The molecule has 0 spiro atoms. The van der Waals surface area contributed by atoms with E-state index in [1.807, 2.05) is 0 Å². The molecule has 0 aliphatic rings. The molecule has 0 aliphatic heterocycles. The number of benzene rings is 1. The molecule has 0 heterocycles. The first kappa shape index (κ1) is 16.1. The highest BCUT2D eigenvalue weighted by molar-refractivity contribution is 5.92. The van der Waals surface area contributed by atoms with Crippen molar-refractivity contribution in [1.82, 2.24) is 5.32 Å². The summed E-state index contributed by atoms with van der Waals surface area (Å²) >= 11 is 0. The van der Waals surface area contributed by atoms with E-state index in [-0.39, 0.29) is 12.4 Å². The molecule has 2 N–H and O–H groups in total. The van der Waals surface area contributed by atoms with Gasteiger partial charge in [0, 0.05) is 11.6 Å². The molecule has 0 saturated heterocycles. The van der Waals surface area contributed by atoms with Crippen molar-refractivity contribution in [2.24, 2.45) is 0 Å². The number of nitrogens with one attached hydrogen (secondary N) is 1. The maximum absolute atomic E-state index is 12.2. The van der Waals surface area contributed by atoms with E-state index in [1.54, 1.807) is 32.0 Å². The summed E-state index contributed by atoms with van der Waals surface area (Å²) in [7, 11) is 0. The zero-order chi connectivity index (χ0) is 15.2. The molecule has 1 aromatic carbocycles. The zero-order valence-electron chi connectivity index (χ0n) is 11.3. The van der Waals surface area contributed by atoms with E-state index in [1.165, 1.54) is 18.2 Å². The number of para-hydroxylation sites is 1. The molecule has 0 atom stereocenters. The van der Waals surface area contributed by atoms with Crippen LogP contribution >= 0.6 is 0 Å². The molecule has 0 unspecified atom stereocenters. The summed E-state index contributed by atoms with van der Waals surface area (Å²) in [5.41, 5.74) is -0.384. The van der Waals surface area contributed by atoms with E-state index in [0.717, 1.165) is 0 Å². The van der Waals surface area contributed by atoms with Crippen LogP contribution in [0.2, 0.25) is 0 Å². The molecule has 0 fully saturated rings. The molecule has 0 bridgehead atoms. The molecule has 0 aromatic heterocycles. The number of amides is 1. The van der Waals surface area contributed by atoms with Gasteiger partial charge in [-0.2, -0.15) is 8.78 Å². The van der Waals surface area contributed by atoms with Gasteiger partial charge in [-0.15, -0.1) is 0 Å². The van der Waals surface area contributed by atoms with E-state index < -0.39 is 18.1 Å². The van der Waals surface area contributed by atoms with Crippen LogP contribution in [0.3, 0.4) is 0 Å². The molecule has 1 amide bonds. The Balaban J connectivity index is 2.77. The second-order valence-electron chi connectivity index (χ2n) is 4.78. The summed E-state index contributed by atoms with van der Waals surface area (Å²) in [5, 5.41) is 11.6. The summed E-state index contributed by atoms with van der Waals surface area (Å²) in [6.07, 6.45) is 2.57. The predicted octanol–water partition coefficient (Wildman–Crippen LogP) is 2.19. The summed E-state index contributed by atoms with van der Waals surface area (Å²) in [4.78, 5) is 11.6. The van der Waals surface area contributed by atoms with E-state index in [2.05, 4.69) is 10.1 Å². The van der Waals surface area contributed by atoms with Gasteiger partial charge < -0.3 is 15.2 Å². The van der Waals surface area contributed by atoms with E-state index >= 15 is 0 Å². The minimum atomic E-state index is -2.92. The molecule has 0 radical (unpaired) electrons. The normalized spacial score (nSPS) is 11.9. The summed E-state index contributed by atoms with van der Waals surface area (Å²) in [6, 6.07) is 6.15. The van der Waals surface area contributed by atoms with Crippen LogP contribution in [-0.2, 0) is 4.79 Å². The van der Waals surface area contributed by atoms with Crippen molar-refractivity contribution in [1.29, 1.82) is 0 Å². The van der Waals surface area contributed by atoms with Crippen LogP contribution in [0.25, 0.3) is 6.08 Å². The summed E-state index contributed by atoms with van der Waals surface area (Å²) < 4.78 is 28.8. The number of hydrogen-bond acceptors (Lipinski definition) is 3. The summed E-state index contributed by atoms with van der Waals surface area (Å²) in [5.74, 6) is -0.441. The van der Waals surface area contributed by atoms with E-state index in [4.69, 9.17) is 5.11 Å². The second kappa shape index (κ2) is 7.00. The third-order valence-electron chi connectivity index (χ3n) is 2.41. The van der Waals surface area contributed by atoms with Gasteiger partial charge in [-0.05, 0) is 26.0 Å². The lowest BCUT2D eigenvalue weighted by Crippen LogP contribution is -2.45. The number of aliphatic hydroxyl groups is 1. The minimum Gasteiger partial charge on any atom is -0.434 e. The van der Waals surface area contributed by atoms with Crippen LogP contribution in [0.4, 0.5) is 8.78 Å². The standard InChI is InChI=1S/C14H17F2NO3/c1-14(2,9-18)17-12(19)8-7-10-5-3-4-6-11(10)20-13(15)16/h3-8,13,18H,9H2,1-2H3,(H,17,19)/b8-7+. The molecule has 4 nitrogen and oxygen atoms in total. The van der Waals surface area contributed by atoms with Crippen LogP contribution in [0.1, 0.15) is 19.4 Å². The number of alkyl halides is 2. The Hall–Kier alpha value is -1.95. The molecule has 0 saturated carbocycles. The number of aliphatic hydroxyl groups excluding tert-OH is 1. The highest BCUT2D eigenvalue weighted by atomic mass is 19.3. The smallest absolute Gasteiger partial charge is 0.387 e. The monoisotopic (exact) mass is 285 g/mol. The lowest BCUT2D eigenvalue weighted by Gasteiger charge is -2.22. The molecule has 0 aliphatic carbocycles. The maximum Gasteiger partial charge on any atom is 0.387 e. The van der Waals surface area contributed by atoms with Crippen molar-refractivity contribution < 1.29 is 23.4 Å². The average Bonchev–Trinajstić information content (AvgIpc) is 2.36. The van der Waals surface area contributed by atoms with Gasteiger partial charge >= 0.3 is 6.61 Å². The first-order valence-corrected chi connectivity index (χ1v) is 5.99. The number of hydrogen-bond donors (Lipinski definition) is 2. The minimum absolute atomic E-state index is 0.00651. The number of carbonyl (C=O) groups excluding carboxylic acids is 1. The molecule has 6 heteroatoms. The fraction of sp³-hybridized carbons (Fsp3) is 0.357. The molecule has 20 heavy (non-hydrogen) atoms. The number of halogens is 2. The van der Waals surface area contributed by atoms with Crippen LogP contribution < -0.4 is 10.1 Å². The fourth-order valence-corrected chi connectivity index (χ4v) is 1.40. The molecule has 110 valence electrons. The Morgan fingerprint density at radius 3 is 2.70 bits per heavy atom. The van der Waals surface area contributed by atoms with Crippen molar-refractivity contribution in [2.45, 2.75) is 26.0 Å². The van der Waals surface area contributed by atoms with Crippen LogP contribution in [-0.4, -0.2) is 29.8 Å². The van der Waals surface area contributed by atoms with Gasteiger partial charge in [0.25, 0.3) is 0 Å². The first-order chi connectivity index (χ1) is 9.34. The second-order valence-corrected chi connectivity index (χ2v) is 4.78. The van der Waals surface area contributed by atoms with Gasteiger partial charge in [0.1, 0.15) is 5.75 Å². The SMILES string of the molecule is CC(C)(CO)NC(=O)/C=C/c1ccccc1OC(F)F. The highest BCUT2D eigenvalue weighted by Gasteiger charge is 2.17. The number of rotatable bonds is 6. The van der Waals surface area contributed by atoms with Crippen LogP contribution in [0.15, 0.2) is 30.3 Å². The van der Waals surface area contributed by atoms with Crippen LogP contribution in [0.5, 0.6) is 5.75 Å². The number of ether oxygens (including phenoxy) is 1. The quantitative estimate of drug-likeness (QED) is 0.788. The lowest BCUT2D eigenvalue weighted by atomic mass is 10.1. The van der Waals surface area contributed by atoms with Crippen molar-refractivity contribution in [2.75, 3.05) is 6.61 Å². The average molecular weight is 285 g/mol. The van der Waals surface area contributed by atoms with Crippen molar-refractivity contribution in [3.05, 3.63) is 35.9 Å². The van der Waals surface area contributed by atoms with Gasteiger partial charge in [0.2, 0.25) is 5.91 Å². The largest absolute Gasteiger partial charge is 0.434 e. The van der Waals surface area contributed by atoms with Gasteiger partial charge in [-0.3, -0.25) is 4.79 Å². The number of carbonyl (C=O) groups is 1. The third kappa shape index (κ3) is 5.36. The van der Waals surface area contributed by atoms with E-state index in [9.17, 15) is 13.6 Å². The Labute approximate surface area is 116 Å². The Morgan fingerprint density at radius 1 is 1.45 bits per heavy atom. The van der Waals surface area contributed by atoms with Crippen LogP contribution in [0, 0.1) is 0 Å². The van der Waals surface area contributed by atoms with Gasteiger partial charge in [0.05, 0.1) is 12.1 Å². The Morgan fingerprint density at radius 2 is 2.10 bits per heavy atom.